The van der Waals surface area contributed by atoms with Crippen LogP contribution in [0, 0.1) is 5.92 Å². The number of aliphatic carboxylic acids is 1. The van der Waals surface area contributed by atoms with Crippen molar-refractivity contribution < 1.29 is 14.7 Å². The van der Waals surface area contributed by atoms with Gasteiger partial charge >= 0.3 is 5.97 Å². The number of hydrogen-bond donors (Lipinski definition) is 2. The van der Waals surface area contributed by atoms with Crippen LogP contribution >= 0.6 is 23.2 Å². The fourth-order valence-electron chi connectivity index (χ4n) is 2.74. The molecule has 2 rings (SSSR count). The van der Waals surface area contributed by atoms with Gasteiger partial charge in [-0.2, -0.15) is 0 Å². The van der Waals surface area contributed by atoms with Gasteiger partial charge in [0.2, 0.25) is 5.91 Å². The van der Waals surface area contributed by atoms with Gasteiger partial charge in [0.15, 0.2) is 0 Å². The summed E-state index contributed by atoms with van der Waals surface area (Å²) >= 11 is 12.1. The third-order valence-electron chi connectivity index (χ3n) is 3.97. The molecule has 1 saturated heterocycles. The number of carbonyl (C=O) groups is 2. The van der Waals surface area contributed by atoms with Crippen LogP contribution in [0.1, 0.15) is 18.4 Å². The summed E-state index contributed by atoms with van der Waals surface area (Å²) in [6, 6.07) is 5.43. The summed E-state index contributed by atoms with van der Waals surface area (Å²) < 4.78 is 0. The van der Waals surface area contributed by atoms with E-state index in [0.29, 0.717) is 36.0 Å². The van der Waals surface area contributed by atoms with E-state index in [0.717, 1.165) is 18.5 Å². The third kappa shape index (κ3) is 5.37. The summed E-state index contributed by atoms with van der Waals surface area (Å²) in [5.74, 6) is -1.26. The van der Waals surface area contributed by atoms with Gasteiger partial charge in [0.05, 0.1) is 22.5 Å². The zero-order valence-electron chi connectivity index (χ0n) is 12.7. The SMILES string of the molecule is O=C(CN1CCCC(C(=O)O)C1)NCCc1cccc(Cl)c1Cl. The number of halogens is 2. The first kappa shape index (κ1) is 18.0. The van der Waals surface area contributed by atoms with Crippen LogP contribution in [0.25, 0.3) is 0 Å². The van der Waals surface area contributed by atoms with Crippen LogP contribution in [-0.2, 0) is 16.0 Å². The summed E-state index contributed by atoms with van der Waals surface area (Å²) in [5, 5.41) is 12.9. The number of amides is 1. The van der Waals surface area contributed by atoms with Crippen LogP contribution in [-0.4, -0.2) is 48.1 Å². The molecule has 5 nitrogen and oxygen atoms in total. The maximum atomic E-state index is 12.0. The van der Waals surface area contributed by atoms with E-state index in [1.54, 1.807) is 6.07 Å². The van der Waals surface area contributed by atoms with E-state index < -0.39 is 5.97 Å². The van der Waals surface area contributed by atoms with Gasteiger partial charge in [-0.25, -0.2) is 0 Å². The number of benzene rings is 1. The lowest BCUT2D eigenvalue weighted by Gasteiger charge is -2.29. The molecule has 0 aromatic heterocycles. The number of hydrogen-bond acceptors (Lipinski definition) is 3. The summed E-state index contributed by atoms with van der Waals surface area (Å²) in [4.78, 5) is 24.9. The first-order valence-corrected chi connectivity index (χ1v) is 8.37. The average Bonchev–Trinajstić information content (AvgIpc) is 2.51. The molecule has 1 aromatic carbocycles. The van der Waals surface area contributed by atoms with Crippen molar-refractivity contribution in [1.82, 2.24) is 10.2 Å². The predicted molar refractivity (Wildman–Crippen MR) is 90.0 cm³/mol. The summed E-state index contributed by atoms with van der Waals surface area (Å²) in [5.41, 5.74) is 0.892. The lowest BCUT2D eigenvalue weighted by atomic mass is 9.98. The number of carbonyl (C=O) groups excluding carboxylic acids is 1. The molecule has 0 radical (unpaired) electrons. The van der Waals surface area contributed by atoms with E-state index in [-0.39, 0.29) is 18.4 Å². The molecule has 1 aliphatic rings. The summed E-state index contributed by atoms with van der Waals surface area (Å²) in [7, 11) is 0. The Balaban J connectivity index is 1.75. The molecule has 0 bridgehead atoms. The Bertz CT molecular complexity index is 580. The highest BCUT2D eigenvalue weighted by molar-refractivity contribution is 6.42. The minimum absolute atomic E-state index is 0.103. The highest BCUT2D eigenvalue weighted by atomic mass is 35.5. The average molecular weight is 359 g/mol. The highest BCUT2D eigenvalue weighted by Gasteiger charge is 2.26. The first-order chi connectivity index (χ1) is 11.0. The van der Waals surface area contributed by atoms with E-state index >= 15 is 0 Å². The van der Waals surface area contributed by atoms with Crippen molar-refractivity contribution in [2.24, 2.45) is 5.92 Å². The van der Waals surface area contributed by atoms with E-state index in [9.17, 15) is 9.59 Å². The number of carboxylic acids is 1. The van der Waals surface area contributed by atoms with Crippen LogP contribution < -0.4 is 5.32 Å². The second kappa shape index (κ2) is 8.52. The fourth-order valence-corrected chi connectivity index (χ4v) is 3.15. The highest BCUT2D eigenvalue weighted by Crippen LogP contribution is 2.25. The molecule has 1 aliphatic heterocycles. The Morgan fingerprint density at radius 1 is 1.35 bits per heavy atom. The number of rotatable bonds is 6. The van der Waals surface area contributed by atoms with Gasteiger partial charge < -0.3 is 10.4 Å². The zero-order chi connectivity index (χ0) is 16.8. The van der Waals surface area contributed by atoms with Gasteiger partial charge in [0.1, 0.15) is 0 Å². The van der Waals surface area contributed by atoms with E-state index in [4.69, 9.17) is 28.3 Å². The first-order valence-electron chi connectivity index (χ1n) is 7.62. The molecular weight excluding hydrogens is 339 g/mol. The largest absolute Gasteiger partial charge is 0.481 e. The minimum atomic E-state index is -0.786. The van der Waals surface area contributed by atoms with Crippen LogP contribution in [0.4, 0.5) is 0 Å². The number of carboxylic acid groups (broad SMARTS) is 1. The van der Waals surface area contributed by atoms with Crippen molar-refractivity contribution >= 4 is 35.1 Å². The predicted octanol–water partition coefficient (Wildman–Crippen LogP) is 2.45. The van der Waals surface area contributed by atoms with E-state index in [1.165, 1.54) is 0 Å². The van der Waals surface area contributed by atoms with Crippen LogP contribution in [0.15, 0.2) is 18.2 Å². The molecule has 0 spiro atoms. The standard InChI is InChI=1S/C16H20Cl2N2O3/c17-13-5-1-3-11(15(13)18)6-7-19-14(21)10-20-8-2-4-12(9-20)16(22)23/h1,3,5,12H,2,4,6-10H2,(H,19,21)(H,22,23). The second-order valence-corrected chi connectivity index (χ2v) is 6.51. The van der Waals surface area contributed by atoms with Crippen LogP contribution in [0.3, 0.4) is 0 Å². The molecule has 126 valence electrons. The Labute approximate surface area is 145 Å². The molecule has 1 fully saturated rings. The lowest BCUT2D eigenvalue weighted by molar-refractivity contribution is -0.144. The number of nitrogens with zero attached hydrogens (tertiary/aromatic N) is 1. The summed E-state index contributed by atoms with van der Waals surface area (Å²) in [6.07, 6.45) is 2.09. The number of piperidine rings is 1. The molecule has 1 heterocycles. The molecule has 1 unspecified atom stereocenters. The molecule has 1 atom stereocenters. The third-order valence-corrected chi connectivity index (χ3v) is 4.83. The normalized spacial score (nSPS) is 18.6. The Kier molecular flexibility index (Phi) is 6.69. The Morgan fingerprint density at radius 2 is 2.13 bits per heavy atom. The van der Waals surface area contributed by atoms with Gasteiger partial charge in [-0.15, -0.1) is 0 Å². The second-order valence-electron chi connectivity index (χ2n) is 5.73. The van der Waals surface area contributed by atoms with Crippen LogP contribution in [0.2, 0.25) is 10.0 Å². The minimum Gasteiger partial charge on any atom is -0.481 e. The quantitative estimate of drug-likeness (QED) is 0.819. The van der Waals surface area contributed by atoms with E-state index in [2.05, 4.69) is 5.32 Å². The Morgan fingerprint density at radius 3 is 2.87 bits per heavy atom. The lowest BCUT2D eigenvalue weighted by Crippen LogP contribution is -2.44. The van der Waals surface area contributed by atoms with Gasteiger partial charge in [-0.3, -0.25) is 14.5 Å². The van der Waals surface area contributed by atoms with Gasteiger partial charge in [0, 0.05) is 13.1 Å². The van der Waals surface area contributed by atoms with Crippen molar-refractivity contribution in [3.8, 4) is 0 Å². The number of nitrogens with one attached hydrogen (secondary N) is 1. The van der Waals surface area contributed by atoms with E-state index in [1.807, 2.05) is 17.0 Å². The van der Waals surface area contributed by atoms with Gasteiger partial charge in [-0.05, 0) is 37.4 Å². The van der Waals surface area contributed by atoms with Crippen molar-refractivity contribution in [1.29, 1.82) is 0 Å². The molecular formula is C16H20Cl2N2O3. The molecule has 0 saturated carbocycles. The smallest absolute Gasteiger partial charge is 0.307 e. The topological polar surface area (TPSA) is 69.6 Å². The number of likely N-dealkylation sites (tertiary alicyclic amines) is 1. The monoisotopic (exact) mass is 358 g/mol. The van der Waals surface area contributed by atoms with Gasteiger partial charge in [0.25, 0.3) is 0 Å². The molecule has 2 N–H and O–H groups in total. The molecule has 0 aliphatic carbocycles. The zero-order valence-corrected chi connectivity index (χ0v) is 14.2. The van der Waals surface area contributed by atoms with Crippen LogP contribution in [0.5, 0.6) is 0 Å². The maximum Gasteiger partial charge on any atom is 0.307 e. The van der Waals surface area contributed by atoms with Crippen molar-refractivity contribution in [2.45, 2.75) is 19.3 Å². The van der Waals surface area contributed by atoms with Crippen molar-refractivity contribution in [2.75, 3.05) is 26.2 Å². The summed E-state index contributed by atoms with van der Waals surface area (Å²) in [6.45, 7) is 1.89. The molecule has 1 amide bonds. The van der Waals surface area contributed by atoms with Crippen molar-refractivity contribution in [3.05, 3.63) is 33.8 Å². The van der Waals surface area contributed by atoms with Gasteiger partial charge in [-0.1, -0.05) is 35.3 Å². The molecule has 7 heteroatoms. The molecule has 1 aromatic rings. The van der Waals surface area contributed by atoms with Crippen molar-refractivity contribution in [3.63, 3.8) is 0 Å². The Hall–Kier alpha value is -1.30. The fraction of sp³-hybridized carbons (Fsp3) is 0.500. The molecule has 23 heavy (non-hydrogen) atoms. The maximum absolute atomic E-state index is 12.0.